The molecule has 1 saturated heterocycles. The monoisotopic (exact) mass is 466 g/mol. The zero-order valence-electron chi connectivity index (χ0n) is 17.3. The zero-order valence-corrected chi connectivity index (χ0v) is 18.8. The Morgan fingerprint density at radius 3 is 2.35 bits per heavy atom. The van der Waals surface area contributed by atoms with Crippen LogP contribution in [0.1, 0.15) is 5.56 Å². The highest BCUT2D eigenvalue weighted by Crippen LogP contribution is 2.22. The first-order valence-corrected chi connectivity index (χ1v) is 10.7. The van der Waals surface area contributed by atoms with Crippen molar-refractivity contribution in [2.45, 2.75) is 6.54 Å². The van der Waals surface area contributed by atoms with E-state index in [1.807, 2.05) is 0 Å². The van der Waals surface area contributed by atoms with E-state index in [0.29, 0.717) is 54.0 Å². The summed E-state index contributed by atoms with van der Waals surface area (Å²) in [6, 6.07) is 11.7. The van der Waals surface area contributed by atoms with E-state index in [1.165, 1.54) is 6.07 Å². The Morgan fingerprint density at radius 1 is 1.00 bits per heavy atom. The van der Waals surface area contributed by atoms with Crippen molar-refractivity contribution >= 4 is 40.7 Å². The SMILES string of the molecule is CN(CC(=O)Nc1ccccc1Cl)CC(=O)N1CCN(Cc2c(F)cccc2Cl)CC1. The molecule has 1 heterocycles. The van der Waals surface area contributed by atoms with E-state index in [1.54, 1.807) is 53.2 Å². The average Bonchev–Trinajstić information content (AvgIpc) is 2.73. The quantitative estimate of drug-likeness (QED) is 0.679. The van der Waals surface area contributed by atoms with Crippen molar-refractivity contribution < 1.29 is 14.0 Å². The third-order valence-corrected chi connectivity index (χ3v) is 5.82. The number of nitrogens with one attached hydrogen (secondary N) is 1. The molecule has 1 aliphatic heterocycles. The molecular weight excluding hydrogens is 442 g/mol. The van der Waals surface area contributed by atoms with Crippen LogP contribution in [0.2, 0.25) is 10.0 Å². The summed E-state index contributed by atoms with van der Waals surface area (Å²) in [6.45, 7) is 2.98. The van der Waals surface area contributed by atoms with Gasteiger partial charge in [-0.05, 0) is 31.3 Å². The van der Waals surface area contributed by atoms with Gasteiger partial charge in [-0.2, -0.15) is 0 Å². The molecule has 0 aliphatic carbocycles. The molecular formula is C22H25Cl2FN4O2. The van der Waals surface area contributed by atoms with Crippen LogP contribution >= 0.6 is 23.2 Å². The fraction of sp³-hybridized carbons (Fsp3) is 0.364. The van der Waals surface area contributed by atoms with E-state index < -0.39 is 0 Å². The largest absolute Gasteiger partial charge is 0.339 e. The van der Waals surface area contributed by atoms with Gasteiger partial charge in [0.1, 0.15) is 5.82 Å². The molecule has 2 aromatic carbocycles. The van der Waals surface area contributed by atoms with E-state index in [-0.39, 0.29) is 30.7 Å². The summed E-state index contributed by atoms with van der Waals surface area (Å²) >= 11 is 12.2. The number of nitrogens with zero attached hydrogens (tertiary/aromatic N) is 3. The highest BCUT2D eigenvalue weighted by Gasteiger charge is 2.23. The van der Waals surface area contributed by atoms with Crippen molar-refractivity contribution in [1.82, 2.24) is 14.7 Å². The van der Waals surface area contributed by atoms with Crippen molar-refractivity contribution in [2.75, 3.05) is 51.6 Å². The summed E-state index contributed by atoms with van der Waals surface area (Å²) in [5, 5.41) is 3.62. The molecule has 1 N–H and O–H groups in total. The summed E-state index contributed by atoms with van der Waals surface area (Å²) in [5.74, 6) is -0.602. The molecule has 0 aromatic heterocycles. The fourth-order valence-corrected chi connectivity index (χ4v) is 3.85. The number of rotatable bonds is 7. The maximum absolute atomic E-state index is 14.0. The van der Waals surface area contributed by atoms with Gasteiger partial charge in [0.2, 0.25) is 11.8 Å². The normalized spacial score (nSPS) is 14.7. The van der Waals surface area contributed by atoms with Gasteiger partial charge in [0.15, 0.2) is 0 Å². The predicted octanol–water partition coefficient (Wildman–Crippen LogP) is 3.35. The first-order valence-electron chi connectivity index (χ1n) is 9.99. The second-order valence-electron chi connectivity index (χ2n) is 7.56. The van der Waals surface area contributed by atoms with Crippen molar-refractivity contribution in [3.05, 3.63) is 63.9 Å². The number of hydrogen-bond acceptors (Lipinski definition) is 4. The summed E-state index contributed by atoms with van der Waals surface area (Å²) in [7, 11) is 1.72. The minimum Gasteiger partial charge on any atom is -0.339 e. The summed E-state index contributed by atoms with van der Waals surface area (Å²) in [5.41, 5.74) is 1.02. The molecule has 1 aliphatic rings. The van der Waals surface area contributed by atoms with E-state index in [4.69, 9.17) is 23.2 Å². The molecule has 166 valence electrons. The van der Waals surface area contributed by atoms with Crippen molar-refractivity contribution in [3.63, 3.8) is 0 Å². The van der Waals surface area contributed by atoms with Crippen LogP contribution in [0.15, 0.2) is 42.5 Å². The van der Waals surface area contributed by atoms with Gasteiger partial charge in [-0.15, -0.1) is 0 Å². The molecule has 0 spiro atoms. The lowest BCUT2D eigenvalue weighted by atomic mass is 10.2. The van der Waals surface area contributed by atoms with E-state index in [2.05, 4.69) is 10.2 Å². The van der Waals surface area contributed by atoms with Crippen LogP contribution in [0.4, 0.5) is 10.1 Å². The lowest BCUT2D eigenvalue weighted by Crippen LogP contribution is -2.51. The summed E-state index contributed by atoms with van der Waals surface area (Å²) < 4.78 is 14.0. The molecule has 2 aromatic rings. The van der Waals surface area contributed by atoms with Crippen LogP contribution in [0, 0.1) is 5.82 Å². The molecule has 0 radical (unpaired) electrons. The minimum absolute atomic E-state index is 0.0448. The van der Waals surface area contributed by atoms with Crippen LogP contribution in [-0.2, 0) is 16.1 Å². The standard InChI is InChI=1S/C22H25Cl2FN4O2/c1-27(14-21(30)26-20-8-3-2-5-18(20)24)15-22(31)29-11-9-28(10-12-29)13-16-17(23)6-4-7-19(16)25/h2-8H,9-15H2,1H3,(H,26,30). The van der Waals surface area contributed by atoms with Gasteiger partial charge in [0.05, 0.1) is 23.8 Å². The fourth-order valence-electron chi connectivity index (χ4n) is 3.45. The maximum atomic E-state index is 14.0. The van der Waals surface area contributed by atoms with Crippen molar-refractivity contribution in [3.8, 4) is 0 Å². The number of carbonyl (C=O) groups is 2. The average molecular weight is 467 g/mol. The predicted molar refractivity (Wildman–Crippen MR) is 121 cm³/mol. The highest BCUT2D eigenvalue weighted by molar-refractivity contribution is 6.33. The molecule has 0 bridgehead atoms. The molecule has 0 atom stereocenters. The van der Waals surface area contributed by atoms with Crippen molar-refractivity contribution in [1.29, 1.82) is 0 Å². The molecule has 6 nitrogen and oxygen atoms in total. The maximum Gasteiger partial charge on any atom is 0.238 e. The van der Waals surface area contributed by atoms with Gasteiger partial charge in [-0.25, -0.2) is 4.39 Å². The second-order valence-corrected chi connectivity index (χ2v) is 8.37. The Hall–Kier alpha value is -2.19. The third kappa shape index (κ3) is 6.64. The Balaban J connectivity index is 1.43. The van der Waals surface area contributed by atoms with Crippen LogP contribution in [0.25, 0.3) is 0 Å². The van der Waals surface area contributed by atoms with E-state index in [9.17, 15) is 14.0 Å². The third-order valence-electron chi connectivity index (χ3n) is 5.14. The van der Waals surface area contributed by atoms with Crippen LogP contribution in [-0.4, -0.2) is 72.8 Å². The molecule has 2 amide bonds. The number of piperazine rings is 1. The summed E-state index contributed by atoms with van der Waals surface area (Å²) in [6.07, 6.45) is 0. The highest BCUT2D eigenvalue weighted by atomic mass is 35.5. The van der Waals surface area contributed by atoms with Crippen LogP contribution in [0.3, 0.4) is 0 Å². The number of benzene rings is 2. The van der Waals surface area contributed by atoms with Gasteiger partial charge in [-0.1, -0.05) is 41.4 Å². The van der Waals surface area contributed by atoms with Gasteiger partial charge in [0, 0.05) is 43.3 Å². The Labute approximate surface area is 191 Å². The number of halogens is 3. The minimum atomic E-state index is -0.317. The van der Waals surface area contributed by atoms with Crippen LogP contribution < -0.4 is 5.32 Å². The Morgan fingerprint density at radius 2 is 1.68 bits per heavy atom. The van der Waals surface area contributed by atoms with E-state index in [0.717, 1.165) is 0 Å². The Bertz CT molecular complexity index is 915. The number of anilines is 1. The first-order chi connectivity index (χ1) is 14.8. The van der Waals surface area contributed by atoms with Crippen molar-refractivity contribution in [2.24, 2.45) is 0 Å². The summed E-state index contributed by atoms with van der Waals surface area (Å²) in [4.78, 5) is 30.3. The first kappa shape index (κ1) is 23.5. The number of likely N-dealkylation sites (N-methyl/N-ethyl adjacent to an activating group) is 1. The molecule has 0 saturated carbocycles. The molecule has 1 fully saturated rings. The molecule has 31 heavy (non-hydrogen) atoms. The number of carbonyl (C=O) groups excluding carboxylic acids is 2. The second kappa shape index (κ2) is 10.9. The topological polar surface area (TPSA) is 55.9 Å². The molecule has 9 heteroatoms. The lowest BCUT2D eigenvalue weighted by molar-refractivity contribution is -0.134. The van der Waals surface area contributed by atoms with E-state index >= 15 is 0 Å². The van der Waals surface area contributed by atoms with Gasteiger partial charge in [0.25, 0.3) is 0 Å². The number of para-hydroxylation sites is 1. The molecule has 0 unspecified atom stereocenters. The Kier molecular flexibility index (Phi) is 8.26. The smallest absolute Gasteiger partial charge is 0.238 e. The van der Waals surface area contributed by atoms with Crippen LogP contribution in [0.5, 0.6) is 0 Å². The molecule has 3 rings (SSSR count). The zero-order chi connectivity index (χ0) is 22.4. The van der Waals surface area contributed by atoms with Gasteiger partial charge < -0.3 is 10.2 Å². The lowest BCUT2D eigenvalue weighted by Gasteiger charge is -2.35. The number of amides is 2. The van der Waals surface area contributed by atoms with Gasteiger partial charge in [-0.3, -0.25) is 19.4 Å². The number of hydrogen-bond donors (Lipinski definition) is 1. The van der Waals surface area contributed by atoms with Gasteiger partial charge >= 0.3 is 0 Å².